The summed E-state index contributed by atoms with van der Waals surface area (Å²) < 4.78 is 6.08. The Bertz CT molecular complexity index is 1500. The molecule has 0 fully saturated rings. The smallest absolute Gasteiger partial charge is 0.307 e. The first-order valence-corrected chi connectivity index (χ1v) is 11.5. The van der Waals surface area contributed by atoms with Crippen LogP contribution in [0.25, 0.3) is 33.3 Å². The molecule has 4 aromatic carbocycles. The lowest BCUT2D eigenvalue weighted by atomic mass is 9.95. The van der Waals surface area contributed by atoms with Gasteiger partial charge in [-0.3, -0.25) is 4.79 Å². The molecule has 6 heteroatoms. The number of ether oxygens (including phenoxy) is 1. The Kier molecular flexibility index (Phi) is 6.42. The number of carbonyl (C=O) groups is 1. The molecule has 1 heterocycles. The number of hydrogen-bond acceptors (Lipinski definition) is 4. The molecule has 0 saturated heterocycles. The van der Waals surface area contributed by atoms with E-state index in [0.717, 1.165) is 38.9 Å². The van der Waals surface area contributed by atoms with E-state index in [9.17, 15) is 4.79 Å². The van der Waals surface area contributed by atoms with Gasteiger partial charge in [0.1, 0.15) is 23.6 Å². The Labute approximate surface area is 207 Å². The molecular formula is C29H21ClN2O3. The monoisotopic (exact) mass is 480 g/mol. The first-order valence-electron chi connectivity index (χ1n) is 11.1. The second kappa shape index (κ2) is 9.95. The number of nitrogens with zero attached hydrogens (tertiary/aromatic N) is 2. The molecule has 0 saturated carbocycles. The summed E-state index contributed by atoms with van der Waals surface area (Å²) in [5.74, 6) is -0.136. The van der Waals surface area contributed by atoms with Crippen LogP contribution in [0.15, 0.2) is 97.1 Å². The van der Waals surface area contributed by atoms with E-state index in [4.69, 9.17) is 21.4 Å². The number of aromatic nitrogens is 2. The van der Waals surface area contributed by atoms with E-state index in [-0.39, 0.29) is 6.42 Å². The first kappa shape index (κ1) is 22.6. The quantitative estimate of drug-likeness (QED) is 0.276. The van der Waals surface area contributed by atoms with E-state index in [2.05, 4.69) is 10.2 Å². The minimum Gasteiger partial charge on any atom is -0.489 e. The van der Waals surface area contributed by atoms with Gasteiger partial charge in [-0.25, -0.2) is 0 Å². The molecule has 1 N–H and O–H groups in total. The van der Waals surface area contributed by atoms with E-state index in [1.54, 1.807) is 0 Å². The molecule has 0 radical (unpaired) electrons. The summed E-state index contributed by atoms with van der Waals surface area (Å²) in [6.45, 7) is 0.365. The fourth-order valence-corrected chi connectivity index (χ4v) is 4.23. The van der Waals surface area contributed by atoms with Gasteiger partial charge in [-0.05, 0) is 34.9 Å². The molecule has 35 heavy (non-hydrogen) atoms. The molecule has 0 aliphatic heterocycles. The van der Waals surface area contributed by atoms with Crippen LogP contribution in [0.1, 0.15) is 11.1 Å². The molecular weight excluding hydrogens is 460 g/mol. The Hall–Kier alpha value is -4.22. The molecule has 5 aromatic rings. The maximum Gasteiger partial charge on any atom is 0.307 e. The van der Waals surface area contributed by atoms with Gasteiger partial charge >= 0.3 is 5.97 Å². The van der Waals surface area contributed by atoms with E-state index in [1.165, 1.54) is 0 Å². The van der Waals surface area contributed by atoms with E-state index in [1.807, 2.05) is 97.1 Å². The lowest BCUT2D eigenvalue weighted by Crippen LogP contribution is -2.01. The van der Waals surface area contributed by atoms with Crippen LogP contribution in [-0.4, -0.2) is 21.3 Å². The summed E-state index contributed by atoms with van der Waals surface area (Å²) in [4.78, 5) is 10.9. The zero-order valence-electron chi connectivity index (χ0n) is 18.7. The predicted molar refractivity (Wildman–Crippen MR) is 138 cm³/mol. The standard InChI is InChI=1S/C29H21ClN2O3/c30-25-11-5-10-24-27(28(31-32-29(24)25)21-6-2-1-3-7-21)22-8-4-9-23(17-22)35-18-20-14-12-19(13-15-20)16-26(33)34/h1-15,17H,16,18H2,(H,33,34). The van der Waals surface area contributed by atoms with Crippen LogP contribution in [-0.2, 0) is 17.8 Å². The van der Waals surface area contributed by atoms with Crippen LogP contribution in [0.2, 0.25) is 5.02 Å². The number of carboxylic acid groups (broad SMARTS) is 1. The van der Waals surface area contributed by atoms with Crippen molar-refractivity contribution in [2.45, 2.75) is 13.0 Å². The zero-order chi connectivity index (χ0) is 24.2. The van der Waals surface area contributed by atoms with Gasteiger partial charge < -0.3 is 9.84 Å². The molecule has 0 atom stereocenters. The fraction of sp³-hybridized carbons (Fsp3) is 0.0690. The predicted octanol–water partition coefficient (Wildman–Crippen LogP) is 6.82. The maximum atomic E-state index is 10.9. The Morgan fingerprint density at radius 3 is 2.29 bits per heavy atom. The lowest BCUT2D eigenvalue weighted by Gasteiger charge is -2.14. The molecule has 0 bridgehead atoms. The van der Waals surface area contributed by atoms with Crippen molar-refractivity contribution < 1.29 is 14.6 Å². The summed E-state index contributed by atoms with van der Waals surface area (Å²) >= 11 is 6.44. The minimum absolute atomic E-state index is 0.00483. The van der Waals surface area contributed by atoms with Gasteiger partial charge in [0.25, 0.3) is 0 Å². The van der Waals surface area contributed by atoms with Crippen molar-refractivity contribution >= 4 is 28.5 Å². The number of carboxylic acids is 1. The van der Waals surface area contributed by atoms with Crippen molar-refractivity contribution in [3.8, 4) is 28.1 Å². The average molecular weight is 481 g/mol. The number of aliphatic carboxylic acids is 1. The van der Waals surface area contributed by atoms with Crippen LogP contribution < -0.4 is 4.74 Å². The molecule has 5 rings (SSSR count). The van der Waals surface area contributed by atoms with Crippen LogP contribution >= 0.6 is 11.6 Å². The number of hydrogen-bond donors (Lipinski definition) is 1. The van der Waals surface area contributed by atoms with Crippen LogP contribution in [0.4, 0.5) is 0 Å². The molecule has 1 aromatic heterocycles. The van der Waals surface area contributed by atoms with Gasteiger partial charge in [0.05, 0.1) is 11.4 Å². The van der Waals surface area contributed by atoms with Gasteiger partial charge in [0.15, 0.2) is 0 Å². The van der Waals surface area contributed by atoms with E-state index < -0.39 is 5.97 Å². The average Bonchev–Trinajstić information content (AvgIpc) is 2.88. The third kappa shape index (κ3) is 5.00. The Morgan fingerprint density at radius 2 is 1.51 bits per heavy atom. The summed E-state index contributed by atoms with van der Waals surface area (Å²) in [7, 11) is 0. The number of fused-ring (bicyclic) bond motifs is 1. The normalized spacial score (nSPS) is 10.9. The van der Waals surface area contributed by atoms with Crippen molar-refractivity contribution in [2.24, 2.45) is 0 Å². The molecule has 0 spiro atoms. The molecule has 172 valence electrons. The van der Waals surface area contributed by atoms with Gasteiger partial charge in [-0.1, -0.05) is 90.5 Å². The minimum atomic E-state index is -0.847. The highest BCUT2D eigenvalue weighted by atomic mass is 35.5. The SMILES string of the molecule is O=C(O)Cc1ccc(COc2cccc(-c3c(-c4ccccc4)nnc4c(Cl)cccc34)c2)cc1. The topological polar surface area (TPSA) is 72.3 Å². The second-order valence-electron chi connectivity index (χ2n) is 8.13. The van der Waals surface area contributed by atoms with Gasteiger partial charge in [0, 0.05) is 16.5 Å². The van der Waals surface area contributed by atoms with Crippen LogP contribution in [0.5, 0.6) is 5.75 Å². The third-order valence-electron chi connectivity index (χ3n) is 5.70. The first-order chi connectivity index (χ1) is 17.1. The highest BCUT2D eigenvalue weighted by molar-refractivity contribution is 6.35. The van der Waals surface area contributed by atoms with E-state index in [0.29, 0.717) is 22.9 Å². The van der Waals surface area contributed by atoms with Crippen LogP contribution in [0.3, 0.4) is 0 Å². The van der Waals surface area contributed by atoms with Crippen molar-refractivity contribution in [1.82, 2.24) is 10.2 Å². The summed E-state index contributed by atoms with van der Waals surface area (Å²) in [6.07, 6.45) is 0.00483. The lowest BCUT2D eigenvalue weighted by molar-refractivity contribution is -0.136. The van der Waals surface area contributed by atoms with Crippen LogP contribution in [0, 0.1) is 0 Å². The van der Waals surface area contributed by atoms with Gasteiger partial charge in [-0.2, -0.15) is 0 Å². The van der Waals surface area contributed by atoms with Crippen molar-refractivity contribution in [3.05, 3.63) is 113 Å². The Balaban J connectivity index is 1.50. The largest absolute Gasteiger partial charge is 0.489 e. The molecule has 5 nitrogen and oxygen atoms in total. The molecule has 0 aliphatic carbocycles. The molecule has 0 amide bonds. The van der Waals surface area contributed by atoms with Crippen molar-refractivity contribution in [3.63, 3.8) is 0 Å². The molecule has 0 aliphatic rings. The third-order valence-corrected chi connectivity index (χ3v) is 6.00. The highest BCUT2D eigenvalue weighted by Gasteiger charge is 2.16. The summed E-state index contributed by atoms with van der Waals surface area (Å²) in [5.41, 5.74) is 5.98. The number of rotatable bonds is 7. The van der Waals surface area contributed by atoms with Crippen molar-refractivity contribution in [1.29, 1.82) is 0 Å². The zero-order valence-corrected chi connectivity index (χ0v) is 19.4. The Morgan fingerprint density at radius 1 is 0.800 bits per heavy atom. The number of halogens is 1. The second-order valence-corrected chi connectivity index (χ2v) is 8.54. The van der Waals surface area contributed by atoms with E-state index >= 15 is 0 Å². The number of benzene rings is 4. The maximum absolute atomic E-state index is 10.9. The van der Waals surface area contributed by atoms with Crippen molar-refractivity contribution in [2.75, 3.05) is 0 Å². The van der Waals surface area contributed by atoms with Gasteiger partial charge in [0.2, 0.25) is 0 Å². The summed E-state index contributed by atoms with van der Waals surface area (Å²) in [5, 5.41) is 19.4. The van der Waals surface area contributed by atoms with Gasteiger partial charge in [-0.15, -0.1) is 10.2 Å². The summed E-state index contributed by atoms with van der Waals surface area (Å²) in [6, 6.07) is 31.0. The fourth-order valence-electron chi connectivity index (χ4n) is 4.02. The molecule has 0 unspecified atom stereocenters. The highest BCUT2D eigenvalue weighted by Crippen LogP contribution is 2.38.